The molecule has 2 amide bonds. The monoisotopic (exact) mass is 361 g/mol. The third kappa shape index (κ3) is 4.11. The molecule has 1 aromatic heterocycles. The zero-order chi connectivity index (χ0) is 17.6. The topological polar surface area (TPSA) is 74.7 Å². The highest BCUT2D eigenvalue weighted by Crippen LogP contribution is 2.32. The quantitative estimate of drug-likeness (QED) is 0.859. The van der Waals surface area contributed by atoms with Gasteiger partial charge in [-0.25, -0.2) is 9.78 Å². The summed E-state index contributed by atoms with van der Waals surface area (Å²) in [4.78, 5) is 19.6. The van der Waals surface area contributed by atoms with Gasteiger partial charge in [-0.15, -0.1) is 11.3 Å². The zero-order valence-electron chi connectivity index (χ0n) is 14.3. The van der Waals surface area contributed by atoms with Crippen LogP contribution in [0.15, 0.2) is 30.5 Å². The first-order valence-corrected chi connectivity index (χ1v) is 9.28. The van der Waals surface area contributed by atoms with Crippen molar-refractivity contribution in [3.63, 3.8) is 0 Å². The smallest absolute Gasteiger partial charge is 0.318 e. The molecule has 0 radical (unpaired) electrons. The van der Waals surface area contributed by atoms with Crippen LogP contribution < -0.4 is 10.1 Å². The van der Waals surface area contributed by atoms with Crippen LogP contribution in [0.2, 0.25) is 0 Å². The minimum Gasteiger partial charge on any atom is -0.496 e. The van der Waals surface area contributed by atoms with E-state index in [2.05, 4.69) is 10.3 Å². The Morgan fingerprint density at radius 2 is 2.28 bits per heavy atom. The number of methoxy groups -OCH3 is 1. The Labute approximate surface area is 151 Å². The number of nitrogens with one attached hydrogen (secondary N) is 1. The lowest BCUT2D eigenvalue weighted by atomic mass is 10.0. The summed E-state index contributed by atoms with van der Waals surface area (Å²) in [5.74, 6) is 0.784. The number of amides is 2. The second kappa shape index (κ2) is 8.31. The highest BCUT2D eigenvalue weighted by molar-refractivity contribution is 7.15. The Bertz CT molecular complexity index is 719. The SMILES string of the molecule is COc1ccccc1-c1ncc(CNC(=O)N2CCCC[C@@H]2CO)s1. The molecule has 1 fully saturated rings. The van der Waals surface area contributed by atoms with Gasteiger partial charge in [0.05, 0.1) is 31.9 Å². The number of ether oxygens (including phenoxy) is 1. The van der Waals surface area contributed by atoms with E-state index < -0.39 is 0 Å². The van der Waals surface area contributed by atoms with Crippen LogP contribution in [-0.4, -0.2) is 47.3 Å². The lowest BCUT2D eigenvalue weighted by Gasteiger charge is -2.34. The van der Waals surface area contributed by atoms with Gasteiger partial charge < -0.3 is 20.1 Å². The maximum atomic E-state index is 12.4. The van der Waals surface area contributed by atoms with Gasteiger partial charge in [0.25, 0.3) is 0 Å². The molecule has 0 aliphatic carbocycles. The predicted molar refractivity (Wildman–Crippen MR) is 97.8 cm³/mol. The van der Waals surface area contributed by atoms with Gasteiger partial charge in [-0.2, -0.15) is 0 Å². The zero-order valence-corrected chi connectivity index (χ0v) is 15.1. The van der Waals surface area contributed by atoms with E-state index in [9.17, 15) is 9.90 Å². The summed E-state index contributed by atoms with van der Waals surface area (Å²) in [5, 5.41) is 13.2. The summed E-state index contributed by atoms with van der Waals surface area (Å²) in [7, 11) is 1.64. The van der Waals surface area contributed by atoms with Crippen molar-refractivity contribution in [3.05, 3.63) is 35.3 Å². The fourth-order valence-electron chi connectivity index (χ4n) is 3.06. The molecule has 2 N–H and O–H groups in total. The minimum absolute atomic E-state index is 0.0198. The summed E-state index contributed by atoms with van der Waals surface area (Å²) >= 11 is 1.54. The average molecular weight is 361 g/mol. The number of likely N-dealkylation sites (tertiary alicyclic amines) is 1. The number of urea groups is 1. The molecule has 25 heavy (non-hydrogen) atoms. The van der Waals surface area contributed by atoms with Crippen molar-refractivity contribution in [3.8, 4) is 16.3 Å². The molecule has 2 heterocycles. The maximum absolute atomic E-state index is 12.4. The molecule has 1 aromatic carbocycles. The van der Waals surface area contributed by atoms with E-state index >= 15 is 0 Å². The molecule has 1 aliphatic heterocycles. The van der Waals surface area contributed by atoms with Crippen molar-refractivity contribution in [1.82, 2.24) is 15.2 Å². The van der Waals surface area contributed by atoms with Crippen LogP contribution >= 0.6 is 11.3 Å². The second-order valence-corrected chi connectivity index (χ2v) is 7.13. The van der Waals surface area contributed by atoms with Gasteiger partial charge in [0.1, 0.15) is 10.8 Å². The first-order chi connectivity index (χ1) is 12.2. The fourth-order valence-corrected chi connectivity index (χ4v) is 3.94. The number of benzene rings is 1. The highest BCUT2D eigenvalue weighted by atomic mass is 32.1. The molecule has 0 unspecified atom stereocenters. The first-order valence-electron chi connectivity index (χ1n) is 8.46. The van der Waals surface area contributed by atoms with E-state index in [4.69, 9.17) is 4.74 Å². The number of nitrogens with zero attached hydrogens (tertiary/aromatic N) is 2. The summed E-state index contributed by atoms with van der Waals surface area (Å²) in [5.41, 5.74) is 0.948. The van der Waals surface area contributed by atoms with Crippen LogP contribution in [0.5, 0.6) is 5.75 Å². The molecule has 0 spiro atoms. The first kappa shape index (κ1) is 17.7. The van der Waals surface area contributed by atoms with Crippen molar-refractivity contribution in [1.29, 1.82) is 0 Å². The van der Waals surface area contributed by atoms with E-state index in [-0.39, 0.29) is 18.7 Å². The predicted octanol–water partition coefficient (Wildman–Crippen LogP) is 2.88. The molecule has 7 heteroatoms. The molecule has 2 aromatic rings. The number of aliphatic hydroxyl groups is 1. The van der Waals surface area contributed by atoms with Gasteiger partial charge in [-0.1, -0.05) is 12.1 Å². The summed E-state index contributed by atoms with van der Waals surface area (Å²) in [6, 6.07) is 7.56. The van der Waals surface area contributed by atoms with Crippen LogP contribution in [0.4, 0.5) is 4.79 Å². The Balaban J connectivity index is 1.63. The minimum atomic E-state index is -0.119. The van der Waals surface area contributed by atoms with Crippen LogP contribution in [0.1, 0.15) is 24.1 Å². The summed E-state index contributed by atoms with van der Waals surface area (Å²) in [6.45, 7) is 1.15. The van der Waals surface area contributed by atoms with Crippen molar-refractivity contribution in [2.75, 3.05) is 20.3 Å². The molecule has 0 bridgehead atoms. The van der Waals surface area contributed by atoms with E-state index in [1.165, 1.54) is 11.3 Å². The largest absolute Gasteiger partial charge is 0.496 e. The third-order valence-corrected chi connectivity index (χ3v) is 5.43. The number of para-hydroxylation sites is 1. The molecular formula is C18H23N3O3S. The van der Waals surface area contributed by atoms with E-state index in [0.717, 1.165) is 40.5 Å². The second-order valence-electron chi connectivity index (χ2n) is 6.02. The van der Waals surface area contributed by atoms with Crippen molar-refractivity contribution in [2.24, 2.45) is 0 Å². The number of thiazole rings is 1. The molecule has 1 aliphatic rings. The van der Waals surface area contributed by atoms with E-state index in [0.29, 0.717) is 13.1 Å². The molecule has 134 valence electrons. The number of carbonyl (C=O) groups is 1. The summed E-state index contributed by atoms with van der Waals surface area (Å²) < 4.78 is 5.38. The van der Waals surface area contributed by atoms with Crippen LogP contribution in [0.3, 0.4) is 0 Å². The standard InChI is InChI=1S/C18H23N3O3S/c1-24-16-8-3-2-7-15(16)17-19-10-14(25-17)11-20-18(23)21-9-5-4-6-13(21)12-22/h2-3,7-8,10,13,22H,4-6,9,11-12H2,1H3,(H,20,23)/t13-/m1/s1. The molecule has 1 saturated heterocycles. The van der Waals surface area contributed by atoms with Gasteiger partial charge in [0, 0.05) is 17.6 Å². The van der Waals surface area contributed by atoms with Crippen molar-refractivity contribution < 1.29 is 14.6 Å². The Hall–Kier alpha value is -2.12. The van der Waals surface area contributed by atoms with Crippen LogP contribution in [0, 0.1) is 0 Å². The fraction of sp³-hybridized carbons (Fsp3) is 0.444. The number of aliphatic hydroxyl groups excluding tert-OH is 1. The molecule has 0 saturated carbocycles. The Morgan fingerprint density at radius 1 is 1.44 bits per heavy atom. The Morgan fingerprint density at radius 3 is 3.08 bits per heavy atom. The van der Waals surface area contributed by atoms with Gasteiger partial charge in [0.2, 0.25) is 0 Å². The van der Waals surface area contributed by atoms with Gasteiger partial charge in [-0.3, -0.25) is 0 Å². The number of carbonyl (C=O) groups excluding carboxylic acids is 1. The van der Waals surface area contributed by atoms with Crippen molar-refractivity contribution in [2.45, 2.75) is 31.8 Å². The molecule has 3 rings (SSSR count). The molecular weight excluding hydrogens is 338 g/mol. The Kier molecular flexibility index (Phi) is 5.88. The molecule has 1 atom stereocenters. The number of rotatable bonds is 5. The van der Waals surface area contributed by atoms with E-state index in [1.54, 1.807) is 18.2 Å². The van der Waals surface area contributed by atoms with Gasteiger partial charge in [-0.05, 0) is 31.4 Å². The average Bonchev–Trinajstić information content (AvgIpc) is 3.14. The number of piperidine rings is 1. The lowest BCUT2D eigenvalue weighted by Crippen LogP contribution is -2.49. The number of hydrogen-bond acceptors (Lipinski definition) is 5. The highest BCUT2D eigenvalue weighted by Gasteiger charge is 2.25. The van der Waals surface area contributed by atoms with Crippen molar-refractivity contribution >= 4 is 17.4 Å². The van der Waals surface area contributed by atoms with E-state index in [1.807, 2.05) is 24.3 Å². The summed E-state index contributed by atoms with van der Waals surface area (Å²) in [6.07, 6.45) is 4.70. The van der Waals surface area contributed by atoms with Gasteiger partial charge >= 0.3 is 6.03 Å². The maximum Gasteiger partial charge on any atom is 0.318 e. The molecule has 6 nitrogen and oxygen atoms in total. The van der Waals surface area contributed by atoms with Crippen LogP contribution in [0.25, 0.3) is 10.6 Å². The third-order valence-electron chi connectivity index (χ3n) is 4.40. The number of aromatic nitrogens is 1. The van der Waals surface area contributed by atoms with Gasteiger partial charge in [0.15, 0.2) is 0 Å². The number of hydrogen-bond donors (Lipinski definition) is 2. The lowest BCUT2D eigenvalue weighted by molar-refractivity contribution is 0.108. The normalized spacial score (nSPS) is 17.4. The van der Waals surface area contributed by atoms with Crippen LogP contribution in [-0.2, 0) is 6.54 Å².